The zero-order valence-electron chi connectivity index (χ0n) is 12.0. The fraction of sp³-hybridized carbons (Fsp3) is 0.562. The van der Waals surface area contributed by atoms with Crippen molar-refractivity contribution in [3.05, 3.63) is 29.8 Å². The molecule has 0 aliphatic carbocycles. The minimum atomic E-state index is -0.0314. The number of hydrogen-bond acceptors (Lipinski definition) is 3. The lowest BCUT2D eigenvalue weighted by Crippen LogP contribution is -2.37. The van der Waals surface area contributed by atoms with E-state index in [0.717, 1.165) is 50.4 Å². The average Bonchev–Trinajstić information content (AvgIpc) is 2.91. The molecule has 1 unspecified atom stereocenters. The number of likely N-dealkylation sites (N-methyl/N-ethyl adjacent to an activating group) is 1. The lowest BCUT2D eigenvalue weighted by molar-refractivity contribution is -0.132. The molecule has 0 saturated carbocycles. The summed E-state index contributed by atoms with van der Waals surface area (Å²) in [5, 5.41) is 3.32. The Balaban J connectivity index is 1.64. The van der Waals surface area contributed by atoms with Gasteiger partial charge in [0.05, 0.1) is 5.92 Å². The molecule has 0 spiro atoms. The van der Waals surface area contributed by atoms with Gasteiger partial charge in [-0.3, -0.25) is 4.79 Å². The van der Waals surface area contributed by atoms with E-state index in [1.807, 2.05) is 30.1 Å². The van der Waals surface area contributed by atoms with Gasteiger partial charge in [0, 0.05) is 39.0 Å². The second kappa shape index (κ2) is 5.83. The number of carbonyl (C=O) groups excluding carboxylic acids is 1. The molecular weight excluding hydrogens is 252 g/mol. The van der Waals surface area contributed by atoms with Crippen LogP contribution >= 0.6 is 0 Å². The zero-order valence-corrected chi connectivity index (χ0v) is 12.0. The molecule has 1 fully saturated rings. The van der Waals surface area contributed by atoms with Crippen molar-refractivity contribution in [1.29, 1.82) is 0 Å². The second-order valence-electron chi connectivity index (χ2n) is 5.80. The molecule has 1 amide bonds. The number of amides is 1. The number of anilines is 1. The van der Waals surface area contributed by atoms with Crippen LogP contribution < -0.4 is 5.32 Å². The normalized spacial score (nSPS) is 22.1. The topological polar surface area (TPSA) is 41.6 Å². The maximum atomic E-state index is 12.6. The van der Waals surface area contributed by atoms with Crippen molar-refractivity contribution in [2.24, 2.45) is 5.92 Å². The van der Waals surface area contributed by atoms with Crippen LogP contribution in [0.2, 0.25) is 0 Å². The second-order valence-corrected chi connectivity index (χ2v) is 5.80. The maximum absolute atomic E-state index is 12.6. The Morgan fingerprint density at radius 1 is 1.35 bits per heavy atom. The van der Waals surface area contributed by atoms with Crippen LogP contribution in [0.15, 0.2) is 24.3 Å². The van der Waals surface area contributed by atoms with Gasteiger partial charge in [0.15, 0.2) is 0 Å². The first-order valence-electron chi connectivity index (χ1n) is 7.41. The van der Waals surface area contributed by atoms with Gasteiger partial charge in [0.2, 0.25) is 5.91 Å². The largest absolute Gasteiger partial charge is 0.384 e. The van der Waals surface area contributed by atoms with Crippen LogP contribution in [0.1, 0.15) is 24.3 Å². The summed E-state index contributed by atoms with van der Waals surface area (Å²) in [4.78, 5) is 14.5. The Labute approximate surface area is 120 Å². The molecule has 108 valence electrons. The van der Waals surface area contributed by atoms with E-state index in [9.17, 15) is 4.79 Å². The highest BCUT2D eigenvalue weighted by Crippen LogP contribution is 2.32. The number of carbonyl (C=O) groups is 1. The van der Waals surface area contributed by atoms with Gasteiger partial charge in [-0.15, -0.1) is 0 Å². The van der Waals surface area contributed by atoms with Gasteiger partial charge in [0.1, 0.15) is 0 Å². The highest BCUT2D eigenvalue weighted by atomic mass is 16.5. The highest BCUT2D eigenvalue weighted by Gasteiger charge is 2.31. The average molecular weight is 274 g/mol. The van der Waals surface area contributed by atoms with E-state index in [2.05, 4.69) is 11.4 Å². The summed E-state index contributed by atoms with van der Waals surface area (Å²) in [6.07, 6.45) is 2.13. The summed E-state index contributed by atoms with van der Waals surface area (Å²) in [6, 6.07) is 8.11. The predicted molar refractivity (Wildman–Crippen MR) is 78.9 cm³/mol. The smallest absolute Gasteiger partial charge is 0.231 e. The van der Waals surface area contributed by atoms with Gasteiger partial charge in [-0.25, -0.2) is 0 Å². The molecule has 0 aromatic heterocycles. The summed E-state index contributed by atoms with van der Waals surface area (Å²) in [7, 11) is 1.93. The third-order valence-electron chi connectivity index (χ3n) is 4.38. The van der Waals surface area contributed by atoms with Gasteiger partial charge >= 0.3 is 0 Å². The number of rotatable bonds is 3. The predicted octanol–water partition coefficient (Wildman–Crippen LogP) is 2.08. The Morgan fingerprint density at radius 3 is 2.90 bits per heavy atom. The molecule has 20 heavy (non-hydrogen) atoms. The maximum Gasteiger partial charge on any atom is 0.231 e. The Kier molecular flexibility index (Phi) is 3.92. The number of nitrogens with zero attached hydrogens (tertiary/aromatic N) is 1. The summed E-state index contributed by atoms with van der Waals surface area (Å²) < 4.78 is 5.37. The van der Waals surface area contributed by atoms with Gasteiger partial charge in [-0.2, -0.15) is 0 Å². The SMILES string of the molecule is CN(CC1CCOCC1)C(=O)C1CNc2ccccc21. The minimum Gasteiger partial charge on any atom is -0.384 e. The summed E-state index contributed by atoms with van der Waals surface area (Å²) in [5.74, 6) is 0.785. The van der Waals surface area contributed by atoms with Crippen LogP contribution in [-0.2, 0) is 9.53 Å². The van der Waals surface area contributed by atoms with Crippen LogP contribution in [0, 0.1) is 5.92 Å². The summed E-state index contributed by atoms with van der Waals surface area (Å²) in [5.41, 5.74) is 2.24. The minimum absolute atomic E-state index is 0.0314. The van der Waals surface area contributed by atoms with E-state index in [1.54, 1.807) is 0 Å². The molecule has 1 atom stereocenters. The molecule has 1 aromatic rings. The first-order valence-corrected chi connectivity index (χ1v) is 7.41. The number of ether oxygens (including phenoxy) is 1. The van der Waals surface area contributed by atoms with Crippen LogP contribution in [0.25, 0.3) is 0 Å². The van der Waals surface area contributed by atoms with Crippen molar-refractivity contribution in [3.8, 4) is 0 Å². The molecule has 1 saturated heterocycles. The zero-order chi connectivity index (χ0) is 13.9. The molecular formula is C16H22N2O2. The van der Waals surface area contributed by atoms with E-state index in [0.29, 0.717) is 5.92 Å². The van der Waals surface area contributed by atoms with Gasteiger partial charge < -0.3 is 15.0 Å². The fourth-order valence-corrected chi connectivity index (χ4v) is 3.18. The quantitative estimate of drug-likeness (QED) is 0.917. The molecule has 2 heterocycles. The molecule has 1 aromatic carbocycles. The number of nitrogens with one attached hydrogen (secondary N) is 1. The molecule has 3 rings (SSSR count). The van der Waals surface area contributed by atoms with Crippen LogP contribution in [0.4, 0.5) is 5.69 Å². The molecule has 1 N–H and O–H groups in total. The Hall–Kier alpha value is -1.55. The van der Waals surface area contributed by atoms with E-state index in [1.165, 1.54) is 0 Å². The monoisotopic (exact) mass is 274 g/mol. The molecule has 4 heteroatoms. The number of hydrogen-bond donors (Lipinski definition) is 1. The van der Waals surface area contributed by atoms with Crippen LogP contribution in [-0.4, -0.2) is 44.2 Å². The lowest BCUT2D eigenvalue weighted by atomic mass is 9.97. The van der Waals surface area contributed by atoms with Crippen molar-refractivity contribution in [3.63, 3.8) is 0 Å². The molecule has 4 nitrogen and oxygen atoms in total. The fourth-order valence-electron chi connectivity index (χ4n) is 3.18. The molecule has 0 radical (unpaired) electrons. The third-order valence-corrected chi connectivity index (χ3v) is 4.38. The first kappa shape index (κ1) is 13.4. The Bertz CT molecular complexity index is 483. The standard InChI is InChI=1S/C16H22N2O2/c1-18(11-12-6-8-20-9-7-12)16(19)14-10-17-15-5-3-2-4-13(14)15/h2-5,12,14,17H,6-11H2,1H3. The lowest BCUT2D eigenvalue weighted by Gasteiger charge is -2.28. The van der Waals surface area contributed by atoms with Gasteiger partial charge in [-0.1, -0.05) is 18.2 Å². The molecule has 0 bridgehead atoms. The molecule has 2 aliphatic rings. The number of para-hydroxylation sites is 1. The van der Waals surface area contributed by atoms with Crippen molar-refractivity contribution in [2.45, 2.75) is 18.8 Å². The van der Waals surface area contributed by atoms with Crippen molar-refractivity contribution >= 4 is 11.6 Å². The summed E-state index contributed by atoms with van der Waals surface area (Å²) >= 11 is 0. The van der Waals surface area contributed by atoms with E-state index >= 15 is 0 Å². The first-order chi connectivity index (χ1) is 9.75. The van der Waals surface area contributed by atoms with Crippen LogP contribution in [0.5, 0.6) is 0 Å². The number of benzene rings is 1. The van der Waals surface area contributed by atoms with Crippen LogP contribution in [0.3, 0.4) is 0 Å². The van der Waals surface area contributed by atoms with Crippen molar-refractivity contribution < 1.29 is 9.53 Å². The van der Waals surface area contributed by atoms with E-state index < -0.39 is 0 Å². The van der Waals surface area contributed by atoms with E-state index in [4.69, 9.17) is 4.74 Å². The van der Waals surface area contributed by atoms with Gasteiger partial charge in [-0.05, 0) is 30.4 Å². The van der Waals surface area contributed by atoms with Crippen molar-refractivity contribution in [2.75, 3.05) is 38.7 Å². The van der Waals surface area contributed by atoms with E-state index in [-0.39, 0.29) is 11.8 Å². The molecule has 2 aliphatic heterocycles. The third kappa shape index (κ3) is 2.66. The number of fused-ring (bicyclic) bond motifs is 1. The summed E-state index contributed by atoms with van der Waals surface area (Å²) in [6.45, 7) is 3.23. The van der Waals surface area contributed by atoms with Gasteiger partial charge in [0.25, 0.3) is 0 Å². The highest BCUT2D eigenvalue weighted by molar-refractivity contribution is 5.88. The Morgan fingerprint density at radius 2 is 2.10 bits per heavy atom. The van der Waals surface area contributed by atoms with Crippen molar-refractivity contribution in [1.82, 2.24) is 4.90 Å².